The second-order valence-corrected chi connectivity index (χ2v) is 8.49. The molecule has 0 radical (unpaired) electrons. The van der Waals surface area contributed by atoms with Crippen LogP contribution in [0.25, 0.3) is 6.08 Å². The van der Waals surface area contributed by atoms with Crippen molar-refractivity contribution >= 4 is 40.3 Å². The average Bonchev–Trinajstić information content (AvgIpc) is 3.15. The molecule has 1 aliphatic heterocycles. The van der Waals surface area contributed by atoms with Gasteiger partial charge in [0.1, 0.15) is 0 Å². The van der Waals surface area contributed by atoms with Crippen LogP contribution in [0.4, 0.5) is 11.4 Å². The summed E-state index contributed by atoms with van der Waals surface area (Å²) in [4.78, 5) is 20.5. The Morgan fingerprint density at radius 1 is 0.844 bits per heavy atom. The molecule has 4 heteroatoms. The minimum Gasteiger partial charge on any atom is -0.268 e. The highest BCUT2D eigenvalue weighted by atomic mass is 32.2. The predicted octanol–water partition coefficient (Wildman–Crippen LogP) is 7.18. The molecular weight excluding hydrogens is 412 g/mol. The lowest BCUT2D eigenvalue weighted by Gasteiger charge is -2.16. The Balaban J connectivity index is 1.67. The van der Waals surface area contributed by atoms with Crippen LogP contribution in [0.3, 0.4) is 0 Å². The van der Waals surface area contributed by atoms with Gasteiger partial charge in [-0.15, -0.1) is 0 Å². The van der Waals surface area contributed by atoms with Gasteiger partial charge in [0.15, 0.2) is 5.17 Å². The molecule has 0 saturated carbocycles. The fourth-order valence-corrected chi connectivity index (χ4v) is 4.35. The van der Waals surface area contributed by atoms with E-state index < -0.39 is 0 Å². The van der Waals surface area contributed by atoms with E-state index >= 15 is 0 Å². The van der Waals surface area contributed by atoms with Crippen LogP contribution in [-0.2, 0) is 17.6 Å². The first-order chi connectivity index (χ1) is 15.7. The summed E-state index contributed by atoms with van der Waals surface area (Å²) >= 11 is 1.41. The molecule has 0 bridgehead atoms. The van der Waals surface area contributed by atoms with Gasteiger partial charge in [-0.05, 0) is 71.6 Å². The summed E-state index contributed by atoms with van der Waals surface area (Å²) in [5, 5.41) is 0.669. The summed E-state index contributed by atoms with van der Waals surface area (Å²) < 4.78 is 0. The monoisotopic (exact) mass is 438 g/mol. The Morgan fingerprint density at radius 3 is 2.09 bits per heavy atom. The molecule has 0 N–H and O–H groups in total. The molecule has 32 heavy (non-hydrogen) atoms. The number of allylic oxidation sites excluding steroid dienone is 2. The largest absolute Gasteiger partial charge is 0.271 e. The van der Waals surface area contributed by atoms with Gasteiger partial charge in [0.2, 0.25) is 0 Å². The third kappa shape index (κ3) is 5.09. The van der Waals surface area contributed by atoms with Gasteiger partial charge in [-0.25, -0.2) is 4.99 Å². The molecule has 1 heterocycles. The van der Waals surface area contributed by atoms with Crippen molar-refractivity contribution < 1.29 is 4.79 Å². The Hall–Kier alpha value is -3.37. The molecule has 0 unspecified atom stereocenters. The molecule has 0 spiro atoms. The quantitative estimate of drug-likeness (QED) is 0.382. The number of thioether (sulfide) groups is 1. The minimum atomic E-state index is -0.0547. The molecule has 0 aliphatic carbocycles. The highest BCUT2D eigenvalue weighted by Crippen LogP contribution is 2.36. The van der Waals surface area contributed by atoms with Gasteiger partial charge in [0, 0.05) is 0 Å². The molecule has 1 saturated heterocycles. The molecule has 1 fully saturated rings. The van der Waals surface area contributed by atoms with Crippen LogP contribution in [0.15, 0.2) is 101 Å². The van der Waals surface area contributed by atoms with E-state index in [4.69, 9.17) is 4.99 Å². The summed E-state index contributed by atoms with van der Waals surface area (Å²) in [7, 11) is 0. The van der Waals surface area contributed by atoms with E-state index in [9.17, 15) is 4.79 Å². The van der Waals surface area contributed by atoms with Gasteiger partial charge < -0.3 is 0 Å². The molecule has 3 aromatic carbocycles. The zero-order chi connectivity index (χ0) is 22.3. The smallest absolute Gasteiger partial charge is 0.268 e. The van der Waals surface area contributed by atoms with Crippen LogP contribution in [-0.4, -0.2) is 11.1 Å². The van der Waals surface area contributed by atoms with Crippen LogP contribution in [0.2, 0.25) is 0 Å². The fraction of sp³-hybridized carbons (Fsp3) is 0.143. The number of amides is 1. The van der Waals surface area contributed by atoms with E-state index in [1.165, 1.54) is 22.9 Å². The van der Waals surface area contributed by atoms with Crippen LogP contribution < -0.4 is 4.90 Å². The van der Waals surface area contributed by atoms with Crippen molar-refractivity contribution in [3.63, 3.8) is 0 Å². The summed E-state index contributed by atoms with van der Waals surface area (Å²) in [6, 6.07) is 26.4. The van der Waals surface area contributed by atoms with Gasteiger partial charge in [-0.1, -0.05) is 80.6 Å². The topological polar surface area (TPSA) is 32.7 Å². The van der Waals surface area contributed by atoms with Gasteiger partial charge >= 0.3 is 0 Å². The number of anilines is 1. The third-order valence-electron chi connectivity index (χ3n) is 5.31. The SMILES string of the molecule is CCc1ccc(N=C2S/C(=C/C=C\c3ccccc3)C(=O)N2c2ccc(CC)cc2)cc1. The second-order valence-electron chi connectivity index (χ2n) is 7.48. The highest BCUT2D eigenvalue weighted by molar-refractivity contribution is 8.19. The molecule has 1 amide bonds. The normalized spacial score (nSPS) is 16.6. The van der Waals surface area contributed by atoms with Crippen molar-refractivity contribution in [3.05, 3.63) is 113 Å². The molecule has 0 atom stereocenters. The van der Waals surface area contributed by atoms with Crippen molar-refractivity contribution in [2.75, 3.05) is 4.90 Å². The van der Waals surface area contributed by atoms with E-state index in [1.807, 2.05) is 72.8 Å². The first kappa shape index (κ1) is 21.8. The van der Waals surface area contributed by atoms with Crippen LogP contribution in [0, 0.1) is 0 Å². The number of aliphatic imine (C=N–C) groups is 1. The number of carbonyl (C=O) groups is 1. The maximum Gasteiger partial charge on any atom is 0.271 e. The van der Waals surface area contributed by atoms with E-state index in [1.54, 1.807) is 4.90 Å². The number of benzene rings is 3. The van der Waals surface area contributed by atoms with Crippen molar-refractivity contribution in [2.24, 2.45) is 4.99 Å². The molecule has 4 rings (SSSR count). The molecule has 1 aliphatic rings. The second kappa shape index (κ2) is 10.3. The maximum atomic E-state index is 13.3. The molecule has 3 aromatic rings. The van der Waals surface area contributed by atoms with E-state index in [0.29, 0.717) is 10.1 Å². The molecule has 160 valence electrons. The Morgan fingerprint density at radius 2 is 1.47 bits per heavy atom. The Kier molecular flexibility index (Phi) is 7.03. The van der Waals surface area contributed by atoms with Gasteiger partial charge in [-0.3, -0.25) is 9.69 Å². The van der Waals surface area contributed by atoms with Gasteiger partial charge in [0.05, 0.1) is 16.3 Å². The van der Waals surface area contributed by atoms with Crippen molar-refractivity contribution in [2.45, 2.75) is 26.7 Å². The average molecular weight is 439 g/mol. The Labute approximate surface area is 194 Å². The first-order valence-electron chi connectivity index (χ1n) is 10.9. The van der Waals surface area contributed by atoms with Crippen LogP contribution in [0.1, 0.15) is 30.5 Å². The first-order valence-corrected chi connectivity index (χ1v) is 11.7. The van der Waals surface area contributed by atoms with E-state index in [2.05, 4.69) is 38.1 Å². The fourth-order valence-electron chi connectivity index (χ4n) is 3.40. The predicted molar refractivity (Wildman–Crippen MR) is 137 cm³/mol. The number of aryl methyl sites for hydroxylation is 2. The zero-order valence-electron chi connectivity index (χ0n) is 18.4. The van der Waals surface area contributed by atoms with Gasteiger partial charge in [-0.2, -0.15) is 0 Å². The lowest BCUT2D eigenvalue weighted by atomic mass is 10.1. The number of rotatable bonds is 6. The van der Waals surface area contributed by atoms with E-state index in [0.717, 1.165) is 29.8 Å². The minimum absolute atomic E-state index is 0.0547. The summed E-state index contributed by atoms with van der Waals surface area (Å²) in [5.74, 6) is -0.0547. The van der Waals surface area contributed by atoms with Crippen LogP contribution in [0.5, 0.6) is 0 Å². The standard InChI is InChI=1S/C28H26N2OS/c1-3-21-13-17-24(18-14-21)29-28-30(25-19-15-22(4-2)16-20-25)27(31)26(32-28)12-8-11-23-9-6-5-7-10-23/h5-20H,3-4H2,1-2H3/b11-8-,26-12+,29-28?. The summed E-state index contributed by atoms with van der Waals surface area (Å²) in [6.07, 6.45) is 7.74. The number of hydrogen-bond donors (Lipinski definition) is 0. The highest BCUT2D eigenvalue weighted by Gasteiger charge is 2.34. The van der Waals surface area contributed by atoms with Crippen LogP contribution >= 0.6 is 11.8 Å². The molecule has 3 nitrogen and oxygen atoms in total. The zero-order valence-corrected chi connectivity index (χ0v) is 19.2. The van der Waals surface area contributed by atoms with Crippen molar-refractivity contribution in [1.82, 2.24) is 0 Å². The summed E-state index contributed by atoms with van der Waals surface area (Å²) in [6.45, 7) is 4.26. The lowest BCUT2D eigenvalue weighted by Crippen LogP contribution is -2.28. The number of carbonyl (C=O) groups excluding carboxylic acids is 1. The maximum absolute atomic E-state index is 13.3. The van der Waals surface area contributed by atoms with Crippen molar-refractivity contribution in [3.8, 4) is 0 Å². The van der Waals surface area contributed by atoms with Crippen molar-refractivity contribution in [1.29, 1.82) is 0 Å². The lowest BCUT2D eigenvalue weighted by molar-refractivity contribution is -0.113. The summed E-state index contributed by atoms with van der Waals surface area (Å²) in [5.41, 5.74) is 5.27. The third-order valence-corrected chi connectivity index (χ3v) is 6.30. The van der Waals surface area contributed by atoms with E-state index in [-0.39, 0.29) is 5.91 Å². The number of nitrogens with zero attached hydrogens (tertiary/aromatic N) is 2. The number of hydrogen-bond acceptors (Lipinski definition) is 3. The molecular formula is C28H26N2OS. The molecule has 0 aromatic heterocycles. The number of amidine groups is 1. The van der Waals surface area contributed by atoms with Gasteiger partial charge in [0.25, 0.3) is 5.91 Å². The Bertz CT molecular complexity index is 1160.